The molecule has 2 heterocycles. The molecule has 1 aromatic heterocycles. The molecule has 1 unspecified atom stereocenters. The molecule has 1 atom stereocenters. The van der Waals surface area contributed by atoms with Crippen LogP contribution in [0.25, 0.3) is 11.4 Å². The van der Waals surface area contributed by atoms with E-state index in [4.69, 9.17) is 0 Å². The Hall–Kier alpha value is -1.16. The van der Waals surface area contributed by atoms with Crippen molar-refractivity contribution in [2.45, 2.75) is 32.2 Å². The normalized spacial score (nSPS) is 19.1. The fourth-order valence-corrected chi connectivity index (χ4v) is 2.54. The monoisotopic (exact) mass is 291 g/mol. The average Bonchev–Trinajstić information content (AvgIpc) is 2.75. The molecule has 0 radical (unpaired) electrons. The van der Waals surface area contributed by atoms with Crippen LogP contribution in [0.3, 0.4) is 0 Å². The first-order valence-corrected chi connectivity index (χ1v) is 6.75. The lowest BCUT2D eigenvalue weighted by molar-refractivity contribution is 0.389. The van der Waals surface area contributed by atoms with E-state index in [2.05, 4.69) is 49.8 Å². The van der Waals surface area contributed by atoms with E-state index in [9.17, 15) is 0 Å². The maximum atomic E-state index is 4.64. The minimum atomic E-state index is 0.482. The van der Waals surface area contributed by atoms with Crippen molar-refractivity contribution in [2.75, 3.05) is 0 Å². The van der Waals surface area contributed by atoms with Gasteiger partial charge in [0.2, 0.25) is 0 Å². The van der Waals surface area contributed by atoms with Crippen LogP contribution < -0.4 is 0 Å². The maximum Gasteiger partial charge on any atom is 0.181 e. The predicted molar refractivity (Wildman–Crippen MR) is 70.8 cm³/mol. The number of rotatable bonds is 1. The van der Waals surface area contributed by atoms with Gasteiger partial charge in [0.15, 0.2) is 5.82 Å². The zero-order valence-corrected chi connectivity index (χ0v) is 11.3. The quantitative estimate of drug-likeness (QED) is 0.804. The summed E-state index contributed by atoms with van der Waals surface area (Å²) in [7, 11) is 0. The average molecular weight is 292 g/mol. The van der Waals surface area contributed by atoms with Crippen molar-refractivity contribution in [1.82, 2.24) is 14.8 Å². The van der Waals surface area contributed by atoms with Crippen LogP contribution in [0.2, 0.25) is 0 Å². The van der Waals surface area contributed by atoms with E-state index in [0.717, 1.165) is 28.1 Å². The molecule has 1 aliphatic rings. The Morgan fingerprint density at radius 1 is 1.29 bits per heavy atom. The lowest BCUT2D eigenvalue weighted by atomic mass is 10.1. The van der Waals surface area contributed by atoms with Crippen LogP contribution in [0.1, 0.15) is 31.6 Å². The molecule has 0 saturated heterocycles. The largest absolute Gasteiger partial charge is 0.247 e. The molecule has 0 fully saturated rings. The van der Waals surface area contributed by atoms with Crippen LogP contribution in [-0.4, -0.2) is 14.8 Å². The standard InChI is InChI=1S/C13H14BrN3/c1-9-3-2-4-12-15-13(16-17(9)12)10-5-7-11(14)8-6-10/h5-9H,2-4H2,1H3. The first-order chi connectivity index (χ1) is 8.24. The molecule has 0 amide bonds. The zero-order chi connectivity index (χ0) is 11.8. The molecular weight excluding hydrogens is 278 g/mol. The molecule has 0 spiro atoms. The molecule has 0 N–H and O–H groups in total. The summed E-state index contributed by atoms with van der Waals surface area (Å²) in [5.74, 6) is 1.97. The fourth-order valence-electron chi connectivity index (χ4n) is 2.28. The molecule has 17 heavy (non-hydrogen) atoms. The summed E-state index contributed by atoms with van der Waals surface area (Å²) in [6.07, 6.45) is 3.48. The topological polar surface area (TPSA) is 30.7 Å². The molecule has 2 aromatic rings. The van der Waals surface area contributed by atoms with Crippen LogP contribution in [0, 0.1) is 0 Å². The van der Waals surface area contributed by atoms with Gasteiger partial charge in [0.25, 0.3) is 0 Å². The highest BCUT2D eigenvalue weighted by Gasteiger charge is 2.19. The van der Waals surface area contributed by atoms with Crippen molar-refractivity contribution in [3.05, 3.63) is 34.6 Å². The Morgan fingerprint density at radius 2 is 2.06 bits per heavy atom. The molecule has 3 nitrogen and oxygen atoms in total. The summed E-state index contributed by atoms with van der Waals surface area (Å²) < 4.78 is 3.17. The van der Waals surface area contributed by atoms with Crippen molar-refractivity contribution in [1.29, 1.82) is 0 Å². The number of hydrogen-bond acceptors (Lipinski definition) is 2. The van der Waals surface area contributed by atoms with Gasteiger partial charge in [-0.3, -0.25) is 0 Å². The van der Waals surface area contributed by atoms with Gasteiger partial charge in [0.05, 0.1) is 6.04 Å². The van der Waals surface area contributed by atoms with E-state index in [-0.39, 0.29) is 0 Å². The highest BCUT2D eigenvalue weighted by molar-refractivity contribution is 9.10. The fraction of sp³-hybridized carbons (Fsp3) is 0.385. The minimum Gasteiger partial charge on any atom is -0.247 e. The molecule has 1 aliphatic heterocycles. The van der Waals surface area contributed by atoms with Crippen LogP contribution in [0.15, 0.2) is 28.7 Å². The minimum absolute atomic E-state index is 0.482. The molecule has 0 aliphatic carbocycles. The van der Waals surface area contributed by atoms with Gasteiger partial charge in [-0.05, 0) is 31.9 Å². The Bertz CT molecular complexity index is 530. The smallest absolute Gasteiger partial charge is 0.181 e. The van der Waals surface area contributed by atoms with Gasteiger partial charge in [0.1, 0.15) is 5.82 Å². The van der Waals surface area contributed by atoms with Gasteiger partial charge in [-0.25, -0.2) is 9.67 Å². The second-order valence-electron chi connectivity index (χ2n) is 4.54. The van der Waals surface area contributed by atoms with Crippen LogP contribution in [0.5, 0.6) is 0 Å². The van der Waals surface area contributed by atoms with Crippen molar-refractivity contribution < 1.29 is 0 Å². The van der Waals surface area contributed by atoms with E-state index in [1.54, 1.807) is 0 Å². The molecule has 4 heteroatoms. The zero-order valence-electron chi connectivity index (χ0n) is 9.73. The molecule has 0 bridgehead atoms. The highest BCUT2D eigenvalue weighted by Crippen LogP contribution is 2.26. The molecule has 3 rings (SSSR count). The third-order valence-corrected chi connectivity index (χ3v) is 3.77. The first-order valence-electron chi connectivity index (χ1n) is 5.95. The first kappa shape index (κ1) is 11.0. The number of halogens is 1. The lowest BCUT2D eigenvalue weighted by Gasteiger charge is -2.18. The second kappa shape index (κ2) is 4.26. The van der Waals surface area contributed by atoms with Gasteiger partial charge in [-0.15, -0.1) is 0 Å². The van der Waals surface area contributed by atoms with E-state index in [0.29, 0.717) is 6.04 Å². The van der Waals surface area contributed by atoms with Gasteiger partial charge in [0, 0.05) is 16.5 Å². The van der Waals surface area contributed by atoms with Crippen LogP contribution in [-0.2, 0) is 6.42 Å². The highest BCUT2D eigenvalue weighted by atomic mass is 79.9. The Labute approximate surface area is 109 Å². The predicted octanol–water partition coefficient (Wildman–Crippen LogP) is 3.60. The van der Waals surface area contributed by atoms with Crippen LogP contribution in [0.4, 0.5) is 0 Å². The summed E-state index contributed by atoms with van der Waals surface area (Å²) in [6, 6.07) is 8.64. The Kier molecular flexibility index (Phi) is 2.74. The van der Waals surface area contributed by atoms with Crippen molar-refractivity contribution >= 4 is 15.9 Å². The van der Waals surface area contributed by atoms with Gasteiger partial charge >= 0.3 is 0 Å². The van der Waals surface area contributed by atoms with Crippen molar-refractivity contribution in [3.8, 4) is 11.4 Å². The molecule has 0 saturated carbocycles. The number of aromatic nitrogens is 3. The summed E-state index contributed by atoms with van der Waals surface area (Å²) in [5, 5.41) is 4.62. The lowest BCUT2D eigenvalue weighted by Crippen LogP contribution is -2.16. The van der Waals surface area contributed by atoms with Gasteiger partial charge in [-0.1, -0.05) is 28.1 Å². The molecule has 1 aromatic carbocycles. The van der Waals surface area contributed by atoms with E-state index in [1.165, 1.54) is 12.8 Å². The summed E-state index contributed by atoms with van der Waals surface area (Å²) in [4.78, 5) is 4.64. The number of aryl methyl sites for hydroxylation is 1. The van der Waals surface area contributed by atoms with Crippen molar-refractivity contribution in [3.63, 3.8) is 0 Å². The van der Waals surface area contributed by atoms with E-state index in [1.807, 2.05) is 12.1 Å². The van der Waals surface area contributed by atoms with E-state index < -0.39 is 0 Å². The van der Waals surface area contributed by atoms with Crippen molar-refractivity contribution in [2.24, 2.45) is 0 Å². The van der Waals surface area contributed by atoms with E-state index >= 15 is 0 Å². The summed E-state index contributed by atoms with van der Waals surface area (Å²) in [5.41, 5.74) is 1.09. The number of benzene rings is 1. The maximum absolute atomic E-state index is 4.64. The SMILES string of the molecule is CC1CCCc2nc(-c3ccc(Br)cc3)nn21. The van der Waals surface area contributed by atoms with Crippen LogP contribution >= 0.6 is 15.9 Å². The third-order valence-electron chi connectivity index (χ3n) is 3.24. The third kappa shape index (κ3) is 2.02. The van der Waals surface area contributed by atoms with Gasteiger partial charge < -0.3 is 0 Å². The number of hydrogen-bond donors (Lipinski definition) is 0. The summed E-state index contributed by atoms with van der Waals surface area (Å²) in [6.45, 7) is 2.21. The molecule has 88 valence electrons. The molecular formula is C13H14BrN3. The second-order valence-corrected chi connectivity index (χ2v) is 5.46. The Balaban J connectivity index is 2.02. The number of fused-ring (bicyclic) bond motifs is 1. The summed E-state index contributed by atoms with van der Waals surface area (Å²) >= 11 is 3.44. The van der Waals surface area contributed by atoms with Gasteiger partial charge in [-0.2, -0.15) is 5.10 Å². The number of nitrogens with zero attached hydrogens (tertiary/aromatic N) is 3. The Morgan fingerprint density at radius 3 is 2.76 bits per heavy atom.